The second kappa shape index (κ2) is 5.19. The summed E-state index contributed by atoms with van der Waals surface area (Å²) in [5.41, 5.74) is 0. The Morgan fingerprint density at radius 3 is 3.00 bits per heavy atom. The maximum absolute atomic E-state index is 11.2. The first-order valence-electron chi connectivity index (χ1n) is 4.80. The fourth-order valence-corrected chi connectivity index (χ4v) is 1.29. The molecule has 0 aromatic carbocycles. The maximum Gasteiger partial charge on any atom is 0.246 e. The molecule has 1 fully saturated rings. The fourth-order valence-electron chi connectivity index (χ4n) is 1.29. The molecular formula is C9H18N2O2. The molecule has 76 valence electrons. The molecule has 0 bridgehead atoms. The topological polar surface area (TPSA) is 50.4 Å². The van der Waals surface area contributed by atoms with Crippen LogP contribution in [-0.4, -0.2) is 37.7 Å². The maximum atomic E-state index is 11.2. The standard InChI is InChI=1S/C9H18N2O2/c1-7(2)13-6-9(12)11-8-3-4-10-5-8/h7-8,10H,3-6H2,1-2H3,(H,11,12). The summed E-state index contributed by atoms with van der Waals surface area (Å²) in [4.78, 5) is 11.2. The van der Waals surface area contributed by atoms with Crippen molar-refractivity contribution in [1.82, 2.24) is 10.6 Å². The summed E-state index contributed by atoms with van der Waals surface area (Å²) < 4.78 is 5.18. The highest BCUT2D eigenvalue weighted by Crippen LogP contribution is 1.96. The van der Waals surface area contributed by atoms with E-state index >= 15 is 0 Å². The van der Waals surface area contributed by atoms with Crippen LogP contribution in [0.4, 0.5) is 0 Å². The number of nitrogens with one attached hydrogen (secondary N) is 2. The lowest BCUT2D eigenvalue weighted by atomic mass is 10.2. The number of amides is 1. The smallest absolute Gasteiger partial charge is 0.246 e. The lowest BCUT2D eigenvalue weighted by molar-refractivity contribution is -0.127. The SMILES string of the molecule is CC(C)OCC(=O)NC1CCNC1. The van der Waals surface area contributed by atoms with Gasteiger partial charge in [-0.25, -0.2) is 0 Å². The molecule has 0 spiro atoms. The Morgan fingerprint density at radius 1 is 1.69 bits per heavy atom. The molecule has 1 atom stereocenters. The van der Waals surface area contributed by atoms with Crippen molar-refractivity contribution in [2.45, 2.75) is 32.4 Å². The van der Waals surface area contributed by atoms with E-state index in [9.17, 15) is 4.79 Å². The number of rotatable bonds is 4. The second-order valence-corrected chi connectivity index (χ2v) is 3.62. The predicted octanol–water partition coefficient (Wildman–Crippen LogP) is -0.110. The summed E-state index contributed by atoms with van der Waals surface area (Å²) in [5, 5.41) is 6.09. The van der Waals surface area contributed by atoms with E-state index in [0.29, 0.717) is 6.04 Å². The van der Waals surface area contributed by atoms with Crippen molar-refractivity contribution in [3.63, 3.8) is 0 Å². The molecule has 2 N–H and O–H groups in total. The minimum absolute atomic E-state index is 0.0117. The van der Waals surface area contributed by atoms with Gasteiger partial charge in [-0.1, -0.05) is 0 Å². The molecule has 0 aliphatic carbocycles. The Bertz CT molecular complexity index is 165. The average molecular weight is 186 g/mol. The Labute approximate surface area is 79.0 Å². The Hall–Kier alpha value is -0.610. The lowest BCUT2D eigenvalue weighted by Crippen LogP contribution is -2.38. The molecule has 13 heavy (non-hydrogen) atoms. The van der Waals surface area contributed by atoms with Crippen LogP contribution < -0.4 is 10.6 Å². The van der Waals surface area contributed by atoms with Crippen molar-refractivity contribution in [1.29, 1.82) is 0 Å². The molecule has 0 radical (unpaired) electrons. The van der Waals surface area contributed by atoms with Crippen LogP contribution in [0.15, 0.2) is 0 Å². The zero-order chi connectivity index (χ0) is 9.68. The van der Waals surface area contributed by atoms with Gasteiger partial charge in [-0.2, -0.15) is 0 Å². The van der Waals surface area contributed by atoms with Crippen molar-refractivity contribution in [3.05, 3.63) is 0 Å². The normalized spacial score (nSPS) is 22.2. The second-order valence-electron chi connectivity index (χ2n) is 3.62. The summed E-state index contributed by atoms with van der Waals surface area (Å²) in [7, 11) is 0. The van der Waals surface area contributed by atoms with Crippen LogP contribution >= 0.6 is 0 Å². The van der Waals surface area contributed by atoms with Crippen LogP contribution in [0, 0.1) is 0 Å². The van der Waals surface area contributed by atoms with Gasteiger partial charge < -0.3 is 15.4 Å². The van der Waals surface area contributed by atoms with Gasteiger partial charge in [0.2, 0.25) is 5.91 Å². The first-order valence-corrected chi connectivity index (χ1v) is 4.80. The van der Waals surface area contributed by atoms with Crippen molar-refractivity contribution < 1.29 is 9.53 Å². The number of hydrogen-bond acceptors (Lipinski definition) is 3. The highest BCUT2D eigenvalue weighted by Gasteiger charge is 2.16. The van der Waals surface area contributed by atoms with Gasteiger partial charge >= 0.3 is 0 Å². The monoisotopic (exact) mass is 186 g/mol. The number of carbonyl (C=O) groups is 1. The van der Waals surface area contributed by atoms with Gasteiger partial charge in [0.1, 0.15) is 6.61 Å². The molecule has 1 rings (SSSR count). The first-order chi connectivity index (χ1) is 6.18. The van der Waals surface area contributed by atoms with Crippen molar-refractivity contribution in [3.8, 4) is 0 Å². The quantitative estimate of drug-likeness (QED) is 0.644. The molecule has 1 heterocycles. The van der Waals surface area contributed by atoms with Crippen molar-refractivity contribution in [2.24, 2.45) is 0 Å². The average Bonchev–Trinajstić information content (AvgIpc) is 2.53. The Kier molecular flexibility index (Phi) is 4.18. The molecule has 1 aliphatic heterocycles. The van der Waals surface area contributed by atoms with Gasteiger partial charge in [0.25, 0.3) is 0 Å². The van der Waals surface area contributed by atoms with E-state index in [1.54, 1.807) is 0 Å². The molecule has 0 aromatic heterocycles. The zero-order valence-corrected chi connectivity index (χ0v) is 8.30. The molecule has 4 heteroatoms. The van der Waals surface area contributed by atoms with Gasteiger partial charge in [-0.3, -0.25) is 4.79 Å². The van der Waals surface area contributed by atoms with E-state index in [1.165, 1.54) is 0 Å². The van der Waals surface area contributed by atoms with E-state index in [2.05, 4.69) is 10.6 Å². The first kappa shape index (κ1) is 10.5. The van der Waals surface area contributed by atoms with Crippen LogP contribution in [0.5, 0.6) is 0 Å². The molecule has 1 unspecified atom stereocenters. The number of hydrogen-bond donors (Lipinski definition) is 2. The minimum atomic E-state index is -0.0117. The van der Waals surface area contributed by atoms with Gasteiger partial charge in [0.05, 0.1) is 6.10 Å². The van der Waals surface area contributed by atoms with Crippen LogP contribution in [0.1, 0.15) is 20.3 Å². The van der Waals surface area contributed by atoms with E-state index in [1.807, 2.05) is 13.8 Å². The van der Waals surface area contributed by atoms with Gasteiger partial charge in [-0.15, -0.1) is 0 Å². The summed E-state index contributed by atoms with van der Waals surface area (Å²) in [6.07, 6.45) is 1.14. The van der Waals surface area contributed by atoms with E-state index in [4.69, 9.17) is 4.74 Å². The predicted molar refractivity (Wildman–Crippen MR) is 50.5 cm³/mol. The molecule has 1 amide bonds. The molecule has 0 saturated carbocycles. The van der Waals surface area contributed by atoms with Gasteiger partial charge in [-0.05, 0) is 26.8 Å². The van der Waals surface area contributed by atoms with Crippen LogP contribution in [-0.2, 0) is 9.53 Å². The fraction of sp³-hybridized carbons (Fsp3) is 0.889. The van der Waals surface area contributed by atoms with E-state index < -0.39 is 0 Å². The Morgan fingerprint density at radius 2 is 2.46 bits per heavy atom. The summed E-state index contributed by atoms with van der Waals surface area (Å²) in [5.74, 6) is -0.0117. The zero-order valence-electron chi connectivity index (χ0n) is 8.30. The van der Waals surface area contributed by atoms with E-state index in [0.717, 1.165) is 19.5 Å². The number of ether oxygens (including phenoxy) is 1. The largest absolute Gasteiger partial charge is 0.369 e. The highest BCUT2D eigenvalue weighted by molar-refractivity contribution is 5.77. The molecule has 1 saturated heterocycles. The summed E-state index contributed by atoms with van der Waals surface area (Å²) in [6, 6.07) is 0.295. The summed E-state index contributed by atoms with van der Waals surface area (Å²) in [6.45, 7) is 5.90. The van der Waals surface area contributed by atoms with Gasteiger partial charge in [0.15, 0.2) is 0 Å². The van der Waals surface area contributed by atoms with Crippen LogP contribution in [0.3, 0.4) is 0 Å². The third kappa shape index (κ3) is 4.24. The van der Waals surface area contributed by atoms with Crippen molar-refractivity contribution in [2.75, 3.05) is 19.7 Å². The lowest BCUT2D eigenvalue weighted by Gasteiger charge is -2.12. The minimum Gasteiger partial charge on any atom is -0.369 e. The van der Waals surface area contributed by atoms with Crippen molar-refractivity contribution >= 4 is 5.91 Å². The molecule has 4 nitrogen and oxygen atoms in total. The van der Waals surface area contributed by atoms with E-state index in [-0.39, 0.29) is 18.6 Å². The van der Waals surface area contributed by atoms with Crippen LogP contribution in [0.2, 0.25) is 0 Å². The molecular weight excluding hydrogens is 168 g/mol. The third-order valence-electron chi connectivity index (χ3n) is 1.97. The number of carbonyl (C=O) groups excluding carboxylic acids is 1. The molecule has 0 aromatic rings. The summed E-state index contributed by atoms with van der Waals surface area (Å²) >= 11 is 0. The van der Waals surface area contributed by atoms with Gasteiger partial charge in [0, 0.05) is 12.6 Å². The highest BCUT2D eigenvalue weighted by atomic mass is 16.5. The Balaban J connectivity index is 2.09. The molecule has 1 aliphatic rings. The van der Waals surface area contributed by atoms with Crippen LogP contribution in [0.25, 0.3) is 0 Å². The third-order valence-corrected chi connectivity index (χ3v) is 1.97.